The second-order valence-electron chi connectivity index (χ2n) is 5.76. The van der Waals surface area contributed by atoms with Crippen LogP contribution in [0.2, 0.25) is 0 Å². The third-order valence-electron chi connectivity index (χ3n) is 4.07. The van der Waals surface area contributed by atoms with E-state index in [0.717, 1.165) is 30.6 Å². The van der Waals surface area contributed by atoms with Gasteiger partial charge in [-0.05, 0) is 49.9 Å². The summed E-state index contributed by atoms with van der Waals surface area (Å²) in [6, 6.07) is 7.90. The SMILES string of the molecule is Cc1cccc(NC(=O)CN2CCCC(C)C2CO)c1. The Morgan fingerprint density at radius 2 is 2.30 bits per heavy atom. The summed E-state index contributed by atoms with van der Waals surface area (Å²) in [6.07, 6.45) is 2.22. The lowest BCUT2D eigenvalue weighted by atomic mass is 9.91. The number of benzene rings is 1. The summed E-state index contributed by atoms with van der Waals surface area (Å²) >= 11 is 0. The van der Waals surface area contributed by atoms with Gasteiger partial charge in [0.15, 0.2) is 0 Å². The van der Waals surface area contributed by atoms with Crippen molar-refractivity contribution in [3.8, 4) is 0 Å². The third kappa shape index (κ3) is 3.81. The van der Waals surface area contributed by atoms with Crippen LogP contribution in [0.25, 0.3) is 0 Å². The summed E-state index contributed by atoms with van der Waals surface area (Å²) in [6.45, 7) is 5.51. The zero-order chi connectivity index (χ0) is 14.5. The number of hydrogen-bond donors (Lipinski definition) is 2. The fraction of sp³-hybridized carbons (Fsp3) is 0.562. The van der Waals surface area contributed by atoms with Gasteiger partial charge in [0, 0.05) is 11.7 Å². The molecule has 110 valence electrons. The molecule has 4 nitrogen and oxygen atoms in total. The zero-order valence-electron chi connectivity index (χ0n) is 12.3. The molecule has 2 atom stereocenters. The second-order valence-corrected chi connectivity index (χ2v) is 5.76. The van der Waals surface area contributed by atoms with Crippen LogP contribution in [0.5, 0.6) is 0 Å². The molecule has 1 aliphatic heterocycles. The molecule has 1 fully saturated rings. The van der Waals surface area contributed by atoms with Gasteiger partial charge in [0.25, 0.3) is 0 Å². The molecule has 0 saturated carbocycles. The van der Waals surface area contributed by atoms with E-state index < -0.39 is 0 Å². The maximum atomic E-state index is 12.1. The fourth-order valence-corrected chi connectivity index (χ4v) is 2.93. The fourth-order valence-electron chi connectivity index (χ4n) is 2.93. The van der Waals surface area contributed by atoms with E-state index in [9.17, 15) is 9.90 Å². The number of aliphatic hydroxyl groups is 1. The third-order valence-corrected chi connectivity index (χ3v) is 4.07. The van der Waals surface area contributed by atoms with E-state index in [1.165, 1.54) is 0 Å². The highest BCUT2D eigenvalue weighted by Gasteiger charge is 2.28. The molecule has 0 radical (unpaired) electrons. The van der Waals surface area contributed by atoms with E-state index in [1.54, 1.807) is 0 Å². The van der Waals surface area contributed by atoms with Crippen molar-refractivity contribution in [2.24, 2.45) is 5.92 Å². The number of amides is 1. The highest BCUT2D eigenvalue weighted by Crippen LogP contribution is 2.22. The van der Waals surface area contributed by atoms with Crippen molar-refractivity contribution in [3.05, 3.63) is 29.8 Å². The van der Waals surface area contributed by atoms with Gasteiger partial charge in [0.1, 0.15) is 0 Å². The van der Waals surface area contributed by atoms with Crippen LogP contribution in [-0.2, 0) is 4.79 Å². The van der Waals surface area contributed by atoms with Gasteiger partial charge >= 0.3 is 0 Å². The molecule has 4 heteroatoms. The molecule has 1 saturated heterocycles. The van der Waals surface area contributed by atoms with Gasteiger partial charge in [-0.25, -0.2) is 0 Å². The lowest BCUT2D eigenvalue weighted by molar-refractivity contribution is -0.118. The lowest BCUT2D eigenvalue weighted by Crippen LogP contribution is -2.49. The van der Waals surface area contributed by atoms with Gasteiger partial charge in [-0.1, -0.05) is 19.1 Å². The number of carbonyl (C=O) groups is 1. The molecule has 1 aliphatic rings. The average Bonchev–Trinajstić information content (AvgIpc) is 2.38. The number of aliphatic hydroxyl groups excluding tert-OH is 1. The molecule has 1 aromatic carbocycles. The number of anilines is 1. The average molecular weight is 276 g/mol. The molecule has 0 aliphatic carbocycles. The van der Waals surface area contributed by atoms with E-state index in [0.29, 0.717) is 12.5 Å². The van der Waals surface area contributed by atoms with Gasteiger partial charge in [-0.15, -0.1) is 0 Å². The predicted molar refractivity (Wildman–Crippen MR) is 80.7 cm³/mol. The van der Waals surface area contributed by atoms with E-state index in [4.69, 9.17) is 0 Å². The van der Waals surface area contributed by atoms with Crippen molar-refractivity contribution in [2.45, 2.75) is 32.7 Å². The molecule has 2 unspecified atom stereocenters. The minimum atomic E-state index is -0.0110. The van der Waals surface area contributed by atoms with Crippen LogP contribution in [0.4, 0.5) is 5.69 Å². The van der Waals surface area contributed by atoms with E-state index in [-0.39, 0.29) is 18.6 Å². The summed E-state index contributed by atoms with van der Waals surface area (Å²) in [5.41, 5.74) is 1.96. The molecule has 0 bridgehead atoms. The Labute approximate surface area is 120 Å². The minimum Gasteiger partial charge on any atom is -0.395 e. The normalized spacial score (nSPS) is 23.6. The molecule has 2 N–H and O–H groups in total. The maximum Gasteiger partial charge on any atom is 0.238 e. The number of rotatable bonds is 4. The van der Waals surface area contributed by atoms with Crippen LogP contribution in [0.15, 0.2) is 24.3 Å². The predicted octanol–water partition coefficient (Wildman–Crippen LogP) is 2.03. The van der Waals surface area contributed by atoms with Crippen LogP contribution in [-0.4, -0.2) is 41.7 Å². The van der Waals surface area contributed by atoms with E-state index in [1.807, 2.05) is 31.2 Å². The quantitative estimate of drug-likeness (QED) is 0.884. The van der Waals surface area contributed by atoms with Crippen LogP contribution < -0.4 is 5.32 Å². The molecule has 20 heavy (non-hydrogen) atoms. The number of likely N-dealkylation sites (tertiary alicyclic amines) is 1. The van der Waals surface area contributed by atoms with Gasteiger partial charge in [-0.2, -0.15) is 0 Å². The van der Waals surface area contributed by atoms with Crippen LogP contribution in [0, 0.1) is 12.8 Å². The Hall–Kier alpha value is -1.39. The maximum absolute atomic E-state index is 12.1. The Balaban J connectivity index is 1.93. The number of aryl methyl sites for hydroxylation is 1. The zero-order valence-corrected chi connectivity index (χ0v) is 12.3. The monoisotopic (exact) mass is 276 g/mol. The Bertz CT molecular complexity index is 462. The Morgan fingerprint density at radius 1 is 1.50 bits per heavy atom. The van der Waals surface area contributed by atoms with Gasteiger partial charge in [0.05, 0.1) is 13.2 Å². The standard InChI is InChI=1S/C16H24N2O2/c1-12-5-3-7-14(9-12)17-16(20)10-18-8-4-6-13(2)15(18)11-19/h3,5,7,9,13,15,19H,4,6,8,10-11H2,1-2H3,(H,17,20). The summed E-state index contributed by atoms with van der Waals surface area (Å²) < 4.78 is 0. The first-order valence-electron chi connectivity index (χ1n) is 7.31. The van der Waals surface area contributed by atoms with Gasteiger partial charge in [-0.3, -0.25) is 9.69 Å². The van der Waals surface area contributed by atoms with Crippen molar-refractivity contribution in [2.75, 3.05) is 25.0 Å². The van der Waals surface area contributed by atoms with Crippen molar-refractivity contribution in [3.63, 3.8) is 0 Å². The van der Waals surface area contributed by atoms with Crippen molar-refractivity contribution in [1.82, 2.24) is 4.90 Å². The number of hydrogen-bond acceptors (Lipinski definition) is 3. The van der Waals surface area contributed by atoms with Crippen molar-refractivity contribution >= 4 is 11.6 Å². The van der Waals surface area contributed by atoms with Gasteiger partial charge < -0.3 is 10.4 Å². The topological polar surface area (TPSA) is 52.6 Å². The van der Waals surface area contributed by atoms with Crippen LogP contribution in [0.3, 0.4) is 0 Å². The van der Waals surface area contributed by atoms with Crippen molar-refractivity contribution < 1.29 is 9.90 Å². The first-order chi connectivity index (χ1) is 9.60. The summed E-state index contributed by atoms with van der Waals surface area (Å²) in [4.78, 5) is 14.2. The molecular formula is C16H24N2O2. The Morgan fingerprint density at radius 3 is 3.00 bits per heavy atom. The van der Waals surface area contributed by atoms with Crippen molar-refractivity contribution in [1.29, 1.82) is 0 Å². The lowest BCUT2D eigenvalue weighted by Gasteiger charge is -2.38. The minimum absolute atomic E-state index is 0.0110. The number of piperidine rings is 1. The van der Waals surface area contributed by atoms with Crippen LogP contribution in [0.1, 0.15) is 25.3 Å². The molecule has 1 aromatic rings. The number of nitrogens with zero attached hydrogens (tertiary/aromatic N) is 1. The summed E-state index contributed by atoms with van der Waals surface area (Å²) in [7, 11) is 0. The molecule has 1 amide bonds. The highest BCUT2D eigenvalue weighted by atomic mass is 16.3. The van der Waals surface area contributed by atoms with Crippen LogP contribution >= 0.6 is 0 Å². The highest BCUT2D eigenvalue weighted by molar-refractivity contribution is 5.92. The number of carbonyl (C=O) groups excluding carboxylic acids is 1. The first-order valence-corrected chi connectivity index (χ1v) is 7.31. The summed E-state index contributed by atoms with van der Waals surface area (Å²) in [5.74, 6) is 0.434. The molecular weight excluding hydrogens is 252 g/mol. The molecule has 0 aromatic heterocycles. The van der Waals surface area contributed by atoms with E-state index in [2.05, 4.69) is 17.1 Å². The number of nitrogens with one attached hydrogen (secondary N) is 1. The smallest absolute Gasteiger partial charge is 0.238 e. The molecule has 2 rings (SSSR count). The molecule has 0 spiro atoms. The largest absolute Gasteiger partial charge is 0.395 e. The summed E-state index contributed by atoms with van der Waals surface area (Å²) in [5, 5.41) is 12.4. The first kappa shape index (κ1) is 15.0. The Kier molecular flexibility index (Phi) is 5.15. The molecule has 1 heterocycles. The van der Waals surface area contributed by atoms with Gasteiger partial charge in [0.2, 0.25) is 5.91 Å². The second kappa shape index (κ2) is 6.86. The van der Waals surface area contributed by atoms with E-state index >= 15 is 0 Å².